The molecule has 0 unspecified atom stereocenters. The van der Waals surface area contributed by atoms with Gasteiger partial charge in [-0.15, -0.1) is 0 Å². The van der Waals surface area contributed by atoms with Crippen molar-refractivity contribution in [1.82, 2.24) is 4.72 Å². The van der Waals surface area contributed by atoms with Gasteiger partial charge < -0.3 is 9.47 Å². The largest absolute Gasteiger partial charge is 0.495 e. The summed E-state index contributed by atoms with van der Waals surface area (Å²) in [5.41, 5.74) is 1.94. The van der Waals surface area contributed by atoms with Gasteiger partial charge in [-0.05, 0) is 49.2 Å². The molecule has 0 bridgehead atoms. The quantitative estimate of drug-likeness (QED) is 0.790. The maximum absolute atomic E-state index is 12.4. The Balaban J connectivity index is 1.98. The highest BCUT2D eigenvalue weighted by atomic mass is 32.2. The summed E-state index contributed by atoms with van der Waals surface area (Å²) in [6, 6.07) is 12.6. The number of rotatable bonds is 7. The molecule has 23 heavy (non-hydrogen) atoms. The third-order valence-corrected chi connectivity index (χ3v) is 4.74. The Morgan fingerprint density at radius 2 is 1.78 bits per heavy atom. The van der Waals surface area contributed by atoms with Crippen molar-refractivity contribution in [2.45, 2.75) is 18.7 Å². The van der Waals surface area contributed by atoms with Gasteiger partial charge in [-0.3, -0.25) is 0 Å². The molecule has 1 N–H and O–H groups in total. The van der Waals surface area contributed by atoms with Crippen molar-refractivity contribution in [3.8, 4) is 11.5 Å². The standard InChI is InChI=1S/C17H21NO4S/c1-13-5-4-6-15(11-13)22-10-9-18-23(19,20)17-12-14(2)7-8-16(17)21-3/h4-8,11-12,18H,9-10H2,1-3H3. The normalized spacial score (nSPS) is 11.3. The molecular formula is C17H21NO4S. The Morgan fingerprint density at radius 1 is 1.04 bits per heavy atom. The molecule has 0 saturated heterocycles. The molecule has 6 heteroatoms. The molecule has 2 aromatic carbocycles. The van der Waals surface area contributed by atoms with Crippen LogP contribution >= 0.6 is 0 Å². The van der Waals surface area contributed by atoms with Crippen molar-refractivity contribution in [2.24, 2.45) is 0 Å². The average molecular weight is 335 g/mol. The zero-order valence-corrected chi connectivity index (χ0v) is 14.3. The summed E-state index contributed by atoms with van der Waals surface area (Å²) in [4.78, 5) is 0.135. The molecule has 0 amide bonds. The summed E-state index contributed by atoms with van der Waals surface area (Å²) in [7, 11) is -2.19. The van der Waals surface area contributed by atoms with Crippen LogP contribution in [0.4, 0.5) is 0 Å². The van der Waals surface area contributed by atoms with Crippen molar-refractivity contribution in [3.05, 3.63) is 53.6 Å². The smallest absolute Gasteiger partial charge is 0.244 e. The molecule has 0 spiro atoms. The summed E-state index contributed by atoms with van der Waals surface area (Å²) >= 11 is 0. The van der Waals surface area contributed by atoms with E-state index in [1.54, 1.807) is 18.2 Å². The molecule has 0 atom stereocenters. The van der Waals surface area contributed by atoms with Crippen LogP contribution < -0.4 is 14.2 Å². The first-order valence-corrected chi connectivity index (χ1v) is 8.74. The van der Waals surface area contributed by atoms with Crippen molar-refractivity contribution in [3.63, 3.8) is 0 Å². The van der Waals surface area contributed by atoms with Crippen molar-refractivity contribution in [2.75, 3.05) is 20.3 Å². The van der Waals surface area contributed by atoms with Gasteiger partial charge >= 0.3 is 0 Å². The molecule has 2 rings (SSSR count). The highest BCUT2D eigenvalue weighted by Crippen LogP contribution is 2.24. The van der Waals surface area contributed by atoms with Gasteiger partial charge in [0.05, 0.1) is 7.11 Å². The molecule has 0 radical (unpaired) electrons. The maximum Gasteiger partial charge on any atom is 0.244 e. The molecule has 0 fully saturated rings. The second-order valence-electron chi connectivity index (χ2n) is 5.22. The van der Waals surface area contributed by atoms with Crippen molar-refractivity contribution >= 4 is 10.0 Å². The van der Waals surface area contributed by atoms with Crippen LogP contribution in [-0.2, 0) is 10.0 Å². The van der Waals surface area contributed by atoms with Gasteiger partial charge in [0.1, 0.15) is 23.0 Å². The number of benzene rings is 2. The van der Waals surface area contributed by atoms with Crippen molar-refractivity contribution in [1.29, 1.82) is 0 Å². The molecule has 0 aliphatic heterocycles. The Kier molecular flexibility index (Phi) is 5.63. The fourth-order valence-electron chi connectivity index (χ4n) is 2.12. The van der Waals surface area contributed by atoms with Crippen LogP contribution in [0.15, 0.2) is 47.4 Å². The van der Waals surface area contributed by atoms with Crippen molar-refractivity contribution < 1.29 is 17.9 Å². The van der Waals surface area contributed by atoms with E-state index in [1.807, 2.05) is 38.1 Å². The lowest BCUT2D eigenvalue weighted by atomic mass is 10.2. The van der Waals surface area contributed by atoms with Crippen LogP contribution in [0.2, 0.25) is 0 Å². The zero-order chi connectivity index (χ0) is 16.9. The molecular weight excluding hydrogens is 314 g/mol. The fourth-order valence-corrected chi connectivity index (χ4v) is 3.39. The molecule has 2 aromatic rings. The van der Waals surface area contributed by atoms with Gasteiger partial charge in [0.25, 0.3) is 0 Å². The van der Waals surface area contributed by atoms with Crippen LogP contribution in [0.1, 0.15) is 11.1 Å². The minimum absolute atomic E-state index is 0.135. The molecule has 0 aromatic heterocycles. The number of sulfonamides is 1. The highest BCUT2D eigenvalue weighted by Gasteiger charge is 2.19. The van der Waals surface area contributed by atoms with E-state index < -0.39 is 10.0 Å². The number of aryl methyl sites for hydroxylation is 2. The van der Waals surface area contributed by atoms with Crippen LogP contribution in [-0.4, -0.2) is 28.7 Å². The lowest BCUT2D eigenvalue weighted by molar-refractivity contribution is 0.322. The van der Waals surface area contributed by atoms with Gasteiger partial charge in [0, 0.05) is 6.54 Å². The van der Waals surface area contributed by atoms with Crippen LogP contribution in [0.3, 0.4) is 0 Å². The molecule has 0 heterocycles. The molecule has 124 valence electrons. The van der Waals surface area contributed by atoms with E-state index in [-0.39, 0.29) is 18.0 Å². The van der Waals surface area contributed by atoms with E-state index in [0.717, 1.165) is 16.9 Å². The van der Waals surface area contributed by atoms with E-state index in [4.69, 9.17) is 9.47 Å². The first kappa shape index (κ1) is 17.3. The number of methoxy groups -OCH3 is 1. The Morgan fingerprint density at radius 3 is 2.48 bits per heavy atom. The monoisotopic (exact) mass is 335 g/mol. The second kappa shape index (κ2) is 7.48. The lowest BCUT2D eigenvalue weighted by Crippen LogP contribution is -2.28. The Hall–Kier alpha value is -2.05. The van der Waals surface area contributed by atoms with Gasteiger partial charge in [-0.25, -0.2) is 13.1 Å². The average Bonchev–Trinajstić information content (AvgIpc) is 2.52. The van der Waals surface area contributed by atoms with E-state index >= 15 is 0 Å². The number of hydrogen-bond donors (Lipinski definition) is 1. The summed E-state index contributed by atoms with van der Waals surface area (Å²) in [5, 5.41) is 0. The fraction of sp³-hybridized carbons (Fsp3) is 0.294. The third-order valence-electron chi connectivity index (χ3n) is 3.26. The summed E-state index contributed by atoms with van der Waals surface area (Å²) in [6.45, 7) is 4.23. The van der Waals surface area contributed by atoms with E-state index in [0.29, 0.717) is 5.75 Å². The van der Waals surface area contributed by atoms with Gasteiger partial charge in [0.2, 0.25) is 10.0 Å². The predicted octanol–water partition coefficient (Wildman–Crippen LogP) is 2.67. The minimum Gasteiger partial charge on any atom is -0.495 e. The van der Waals surface area contributed by atoms with E-state index in [9.17, 15) is 8.42 Å². The number of ether oxygens (including phenoxy) is 2. The SMILES string of the molecule is COc1ccc(C)cc1S(=O)(=O)NCCOc1cccc(C)c1. The minimum atomic E-state index is -3.64. The number of nitrogens with one attached hydrogen (secondary N) is 1. The first-order valence-electron chi connectivity index (χ1n) is 7.26. The third kappa shape index (κ3) is 4.71. The van der Waals surface area contributed by atoms with Crippen LogP contribution in [0.5, 0.6) is 11.5 Å². The molecule has 5 nitrogen and oxygen atoms in total. The lowest BCUT2D eigenvalue weighted by Gasteiger charge is -2.12. The van der Waals surface area contributed by atoms with E-state index in [1.165, 1.54) is 7.11 Å². The van der Waals surface area contributed by atoms with E-state index in [2.05, 4.69) is 4.72 Å². The highest BCUT2D eigenvalue weighted by molar-refractivity contribution is 7.89. The van der Waals surface area contributed by atoms with Crippen LogP contribution in [0, 0.1) is 13.8 Å². The summed E-state index contributed by atoms with van der Waals surface area (Å²) in [5.74, 6) is 1.04. The zero-order valence-electron chi connectivity index (χ0n) is 13.5. The number of hydrogen-bond acceptors (Lipinski definition) is 4. The summed E-state index contributed by atoms with van der Waals surface area (Å²) in [6.07, 6.45) is 0. The predicted molar refractivity (Wildman–Crippen MR) is 89.6 cm³/mol. The first-order chi connectivity index (χ1) is 10.9. The topological polar surface area (TPSA) is 64.6 Å². The molecule has 0 aliphatic rings. The Bertz CT molecular complexity index is 772. The second-order valence-corrected chi connectivity index (χ2v) is 6.95. The molecule has 0 saturated carbocycles. The van der Waals surface area contributed by atoms with Gasteiger partial charge in [-0.1, -0.05) is 18.2 Å². The van der Waals surface area contributed by atoms with Gasteiger partial charge in [0.15, 0.2) is 0 Å². The maximum atomic E-state index is 12.4. The van der Waals surface area contributed by atoms with Crippen LogP contribution in [0.25, 0.3) is 0 Å². The molecule has 0 aliphatic carbocycles. The Labute approximate surface area is 137 Å². The van der Waals surface area contributed by atoms with Gasteiger partial charge in [-0.2, -0.15) is 0 Å². The summed E-state index contributed by atoms with van der Waals surface area (Å²) < 4.78 is 38.0.